The van der Waals surface area contributed by atoms with Crippen LogP contribution in [0, 0.1) is 23.7 Å². The summed E-state index contributed by atoms with van der Waals surface area (Å²) in [6.07, 6.45) is 17.5. The molecular weight excluding hydrogens is 531 g/mol. The third kappa shape index (κ3) is 11.7. The fourth-order valence-electron chi connectivity index (χ4n) is 6.14. The SMILES string of the molecule is CC(C)NC(=O)c1ccc(C(=O)C(CSC2CCCCCC2)CSC2CCCC[C@H](CC[C@@H](C)C(C)C)C2)cc1. The summed E-state index contributed by atoms with van der Waals surface area (Å²) in [6.45, 7) is 11.1. The molecule has 0 aliphatic heterocycles. The molecule has 0 aromatic heterocycles. The Labute approximate surface area is 254 Å². The molecule has 2 aliphatic rings. The Kier molecular flexibility index (Phi) is 15.0. The van der Waals surface area contributed by atoms with Gasteiger partial charge in [0.1, 0.15) is 0 Å². The number of ketones is 1. The zero-order chi connectivity index (χ0) is 28.9. The molecule has 0 radical (unpaired) electrons. The minimum atomic E-state index is -0.0734. The lowest BCUT2D eigenvalue weighted by atomic mass is 9.87. The lowest BCUT2D eigenvalue weighted by Gasteiger charge is -2.24. The Bertz CT molecular complexity index is 876. The standard InChI is InChI=1S/C35H57NO2S2/c1-25(2)27(5)16-17-28-12-10-11-15-33(22-28)40-24-31(23-39-32-13-8-6-7-9-14-32)34(37)29-18-20-30(21-19-29)35(38)36-26(3)4/h18-21,25-28,31-33H,6-17,22-24H2,1-5H3,(H,36,38)/t27-,28-,31?,33?/m1/s1. The minimum absolute atomic E-state index is 0.0382. The topological polar surface area (TPSA) is 46.2 Å². The van der Waals surface area contributed by atoms with Gasteiger partial charge in [-0.25, -0.2) is 0 Å². The van der Waals surface area contributed by atoms with E-state index in [4.69, 9.17) is 0 Å². The molecule has 1 aromatic rings. The van der Waals surface area contributed by atoms with Gasteiger partial charge in [0.2, 0.25) is 0 Å². The second kappa shape index (κ2) is 17.9. The van der Waals surface area contributed by atoms with Crippen LogP contribution in [0.1, 0.15) is 139 Å². The summed E-state index contributed by atoms with van der Waals surface area (Å²) in [4.78, 5) is 26.3. The van der Waals surface area contributed by atoms with Crippen LogP contribution in [0.2, 0.25) is 0 Å². The molecule has 5 heteroatoms. The smallest absolute Gasteiger partial charge is 0.251 e. The molecule has 40 heavy (non-hydrogen) atoms. The number of hydrogen-bond acceptors (Lipinski definition) is 4. The molecule has 226 valence electrons. The van der Waals surface area contributed by atoms with Gasteiger partial charge in [-0.2, -0.15) is 23.5 Å². The van der Waals surface area contributed by atoms with Crippen molar-refractivity contribution in [1.29, 1.82) is 0 Å². The first-order chi connectivity index (χ1) is 19.2. The van der Waals surface area contributed by atoms with Crippen molar-refractivity contribution < 1.29 is 9.59 Å². The second-order valence-electron chi connectivity index (χ2n) is 13.4. The number of carbonyl (C=O) groups is 2. The fraction of sp³-hybridized carbons (Fsp3) is 0.771. The van der Waals surface area contributed by atoms with Crippen LogP contribution in [0.3, 0.4) is 0 Å². The third-order valence-electron chi connectivity index (χ3n) is 9.24. The molecule has 1 N–H and O–H groups in total. The van der Waals surface area contributed by atoms with Crippen LogP contribution >= 0.6 is 23.5 Å². The van der Waals surface area contributed by atoms with E-state index < -0.39 is 0 Å². The van der Waals surface area contributed by atoms with Crippen LogP contribution in [0.5, 0.6) is 0 Å². The first-order valence-electron chi connectivity index (χ1n) is 16.4. The number of amides is 1. The normalized spacial score (nSPS) is 22.5. The van der Waals surface area contributed by atoms with Crippen LogP contribution in [0.4, 0.5) is 0 Å². The van der Waals surface area contributed by atoms with E-state index in [-0.39, 0.29) is 23.7 Å². The molecule has 0 spiro atoms. The quantitative estimate of drug-likeness (QED) is 0.174. The number of thioether (sulfide) groups is 2. The highest BCUT2D eigenvalue weighted by atomic mass is 32.2. The fourth-order valence-corrected chi connectivity index (χ4v) is 9.24. The molecule has 2 fully saturated rings. The van der Waals surface area contributed by atoms with Gasteiger partial charge in [0, 0.05) is 45.1 Å². The average molecular weight is 588 g/mol. The zero-order valence-electron chi connectivity index (χ0n) is 26.1. The number of nitrogens with one attached hydrogen (secondary N) is 1. The molecule has 3 nitrogen and oxygen atoms in total. The lowest BCUT2D eigenvalue weighted by Crippen LogP contribution is -2.30. The maximum atomic E-state index is 13.9. The number of benzene rings is 1. The predicted octanol–water partition coefficient (Wildman–Crippen LogP) is 9.83. The molecule has 4 atom stereocenters. The Morgan fingerprint density at radius 3 is 1.95 bits per heavy atom. The maximum absolute atomic E-state index is 13.9. The van der Waals surface area contributed by atoms with Crippen LogP contribution < -0.4 is 5.32 Å². The van der Waals surface area contributed by atoms with Crippen molar-refractivity contribution in [2.45, 2.75) is 135 Å². The first kappa shape index (κ1) is 33.6. The van der Waals surface area contributed by atoms with E-state index in [0.717, 1.165) is 34.8 Å². The van der Waals surface area contributed by atoms with Crippen LogP contribution in [-0.4, -0.2) is 39.7 Å². The van der Waals surface area contributed by atoms with Crippen LogP contribution in [-0.2, 0) is 0 Å². The van der Waals surface area contributed by atoms with E-state index in [2.05, 4.69) is 49.6 Å². The molecule has 0 heterocycles. The number of rotatable bonds is 14. The van der Waals surface area contributed by atoms with Gasteiger partial charge in [-0.1, -0.05) is 90.7 Å². The van der Waals surface area contributed by atoms with Crippen LogP contribution in [0.15, 0.2) is 24.3 Å². The van der Waals surface area contributed by atoms with Gasteiger partial charge in [-0.3, -0.25) is 9.59 Å². The van der Waals surface area contributed by atoms with Gasteiger partial charge in [0.25, 0.3) is 5.91 Å². The van der Waals surface area contributed by atoms with Gasteiger partial charge in [0.15, 0.2) is 5.78 Å². The molecule has 1 aromatic carbocycles. The summed E-state index contributed by atoms with van der Waals surface area (Å²) in [6, 6.07) is 7.49. The van der Waals surface area contributed by atoms with Crippen molar-refractivity contribution >= 4 is 35.2 Å². The van der Waals surface area contributed by atoms with Crippen molar-refractivity contribution in [2.24, 2.45) is 23.7 Å². The summed E-state index contributed by atoms with van der Waals surface area (Å²) in [5.41, 5.74) is 1.38. The molecule has 0 bridgehead atoms. The Morgan fingerprint density at radius 2 is 1.32 bits per heavy atom. The highest BCUT2D eigenvalue weighted by molar-refractivity contribution is 8.00. The van der Waals surface area contributed by atoms with Crippen molar-refractivity contribution in [1.82, 2.24) is 5.32 Å². The lowest BCUT2D eigenvalue weighted by molar-refractivity contribution is 0.0932. The van der Waals surface area contributed by atoms with Gasteiger partial charge in [-0.05, 0) is 69.4 Å². The Hall–Kier alpha value is -0.940. The van der Waals surface area contributed by atoms with E-state index in [1.165, 1.54) is 83.5 Å². The first-order valence-corrected chi connectivity index (χ1v) is 18.5. The largest absolute Gasteiger partial charge is 0.350 e. The van der Waals surface area contributed by atoms with Gasteiger partial charge >= 0.3 is 0 Å². The van der Waals surface area contributed by atoms with Gasteiger partial charge < -0.3 is 5.32 Å². The van der Waals surface area contributed by atoms with E-state index in [9.17, 15) is 9.59 Å². The van der Waals surface area contributed by atoms with Gasteiger partial charge in [0.05, 0.1) is 0 Å². The average Bonchev–Trinajstić information content (AvgIpc) is 3.34. The van der Waals surface area contributed by atoms with Crippen molar-refractivity contribution in [3.63, 3.8) is 0 Å². The van der Waals surface area contributed by atoms with E-state index >= 15 is 0 Å². The maximum Gasteiger partial charge on any atom is 0.251 e. The summed E-state index contributed by atoms with van der Waals surface area (Å²) >= 11 is 4.16. The highest BCUT2D eigenvalue weighted by Crippen LogP contribution is 2.37. The molecule has 1 amide bonds. The third-order valence-corrected chi connectivity index (χ3v) is 12.3. The molecule has 2 aliphatic carbocycles. The highest BCUT2D eigenvalue weighted by Gasteiger charge is 2.27. The molecule has 2 unspecified atom stereocenters. The zero-order valence-corrected chi connectivity index (χ0v) is 27.7. The Morgan fingerprint density at radius 1 is 0.775 bits per heavy atom. The van der Waals surface area contributed by atoms with Gasteiger partial charge in [-0.15, -0.1) is 0 Å². The predicted molar refractivity (Wildman–Crippen MR) is 177 cm³/mol. The van der Waals surface area contributed by atoms with Crippen molar-refractivity contribution in [3.05, 3.63) is 35.4 Å². The number of Topliss-reactive ketones (excluding diaryl/α,β-unsaturated/α-hetero) is 1. The minimum Gasteiger partial charge on any atom is -0.350 e. The second-order valence-corrected chi connectivity index (χ2v) is 16.0. The Balaban J connectivity index is 1.63. The monoisotopic (exact) mass is 587 g/mol. The van der Waals surface area contributed by atoms with E-state index in [1.807, 2.05) is 38.1 Å². The molecule has 3 rings (SSSR count). The molecular formula is C35H57NO2S2. The summed E-state index contributed by atoms with van der Waals surface area (Å²) < 4.78 is 0. The van der Waals surface area contributed by atoms with Crippen molar-refractivity contribution in [2.75, 3.05) is 11.5 Å². The summed E-state index contributed by atoms with van der Waals surface area (Å²) in [5.74, 6) is 4.50. The summed E-state index contributed by atoms with van der Waals surface area (Å²) in [5, 5.41) is 4.33. The number of hydrogen-bond donors (Lipinski definition) is 1. The van der Waals surface area contributed by atoms with E-state index in [0.29, 0.717) is 16.1 Å². The molecule has 0 saturated heterocycles. The van der Waals surface area contributed by atoms with E-state index in [1.54, 1.807) is 0 Å². The number of carbonyl (C=O) groups excluding carboxylic acids is 2. The van der Waals surface area contributed by atoms with Crippen molar-refractivity contribution in [3.8, 4) is 0 Å². The summed E-state index contributed by atoms with van der Waals surface area (Å²) in [7, 11) is 0. The van der Waals surface area contributed by atoms with Crippen LogP contribution in [0.25, 0.3) is 0 Å². The molecule has 2 saturated carbocycles.